The SMILES string of the molecule is CC[C@@H](SC1=Nc2ccccc2C2=N[C@@H](CC(=O)NCc3ccc(OC)cc3)C(=O)N12)C(=O)Nc1ccc(Cl)cc1. The molecule has 11 heteroatoms. The molecule has 0 saturated carbocycles. The van der Waals surface area contributed by atoms with E-state index in [9.17, 15) is 14.4 Å². The van der Waals surface area contributed by atoms with E-state index in [4.69, 9.17) is 21.3 Å². The smallest absolute Gasteiger partial charge is 0.259 e. The van der Waals surface area contributed by atoms with Crippen LogP contribution in [0.4, 0.5) is 11.4 Å². The van der Waals surface area contributed by atoms with Crippen LogP contribution in [0.25, 0.3) is 0 Å². The van der Waals surface area contributed by atoms with Crippen molar-refractivity contribution in [1.29, 1.82) is 0 Å². The molecule has 3 aromatic carbocycles. The number of para-hydroxylation sites is 1. The summed E-state index contributed by atoms with van der Waals surface area (Å²) in [4.78, 5) is 50.4. The molecule has 2 aliphatic rings. The fourth-order valence-corrected chi connectivity index (χ4v) is 5.56. The number of benzene rings is 3. The van der Waals surface area contributed by atoms with Crippen LogP contribution in [-0.2, 0) is 20.9 Å². The molecule has 2 heterocycles. The number of rotatable bonds is 9. The Kier molecular flexibility index (Phi) is 8.70. The molecular formula is C30H28ClN5O4S. The van der Waals surface area contributed by atoms with Crippen molar-refractivity contribution >= 4 is 63.5 Å². The summed E-state index contributed by atoms with van der Waals surface area (Å²) in [7, 11) is 1.59. The molecule has 41 heavy (non-hydrogen) atoms. The fourth-order valence-electron chi connectivity index (χ4n) is 4.41. The Morgan fingerprint density at radius 3 is 2.51 bits per heavy atom. The van der Waals surface area contributed by atoms with E-state index in [-0.39, 0.29) is 24.1 Å². The molecule has 0 aliphatic carbocycles. The van der Waals surface area contributed by atoms with Crippen LogP contribution in [0.5, 0.6) is 5.75 Å². The van der Waals surface area contributed by atoms with Gasteiger partial charge in [0.25, 0.3) is 5.91 Å². The van der Waals surface area contributed by atoms with Crippen LogP contribution in [0.3, 0.4) is 0 Å². The van der Waals surface area contributed by atoms with Gasteiger partial charge in [-0.1, -0.05) is 54.6 Å². The molecule has 5 rings (SSSR count). The quantitative estimate of drug-likeness (QED) is 0.358. The fraction of sp³-hybridized carbons (Fsp3) is 0.233. The predicted octanol–water partition coefficient (Wildman–Crippen LogP) is 5.16. The normalized spacial score (nSPS) is 16.2. The Hall–Kier alpha value is -4.15. The largest absolute Gasteiger partial charge is 0.497 e. The monoisotopic (exact) mass is 589 g/mol. The minimum atomic E-state index is -0.902. The van der Waals surface area contributed by atoms with Gasteiger partial charge in [0.05, 0.1) is 24.5 Å². The number of hydrogen-bond donors (Lipinski definition) is 2. The number of halogens is 1. The Bertz CT molecular complexity index is 1520. The van der Waals surface area contributed by atoms with Crippen molar-refractivity contribution in [2.45, 2.75) is 37.6 Å². The van der Waals surface area contributed by atoms with Gasteiger partial charge < -0.3 is 15.4 Å². The van der Waals surface area contributed by atoms with E-state index < -0.39 is 11.3 Å². The molecule has 0 radical (unpaired) electrons. The zero-order valence-electron chi connectivity index (χ0n) is 22.5. The molecule has 0 saturated heterocycles. The molecule has 9 nitrogen and oxygen atoms in total. The Morgan fingerprint density at radius 2 is 1.80 bits per heavy atom. The summed E-state index contributed by atoms with van der Waals surface area (Å²) in [5.41, 5.74) is 2.87. The number of fused-ring (bicyclic) bond motifs is 3. The first kappa shape index (κ1) is 28.4. The van der Waals surface area contributed by atoms with Gasteiger partial charge in [0.1, 0.15) is 17.6 Å². The van der Waals surface area contributed by atoms with E-state index in [1.807, 2.05) is 55.5 Å². The third kappa shape index (κ3) is 6.44. The number of anilines is 1. The van der Waals surface area contributed by atoms with Gasteiger partial charge in [0.15, 0.2) is 5.17 Å². The molecule has 2 atom stereocenters. The highest BCUT2D eigenvalue weighted by Crippen LogP contribution is 2.36. The number of amidine groups is 2. The molecular weight excluding hydrogens is 562 g/mol. The number of aliphatic imine (C=N–C) groups is 2. The number of thioether (sulfide) groups is 1. The molecule has 3 amide bonds. The second-order valence-corrected chi connectivity index (χ2v) is 11.0. The van der Waals surface area contributed by atoms with E-state index in [0.29, 0.717) is 45.9 Å². The number of carbonyl (C=O) groups excluding carboxylic acids is 3. The first-order valence-electron chi connectivity index (χ1n) is 13.1. The van der Waals surface area contributed by atoms with Crippen molar-refractivity contribution in [1.82, 2.24) is 10.2 Å². The summed E-state index contributed by atoms with van der Waals surface area (Å²) in [6.45, 7) is 2.21. The van der Waals surface area contributed by atoms with Crippen molar-refractivity contribution in [3.8, 4) is 5.75 Å². The Labute approximate surface area is 247 Å². The number of ether oxygens (including phenoxy) is 1. The number of methoxy groups -OCH3 is 1. The third-order valence-corrected chi connectivity index (χ3v) is 8.17. The average molecular weight is 590 g/mol. The predicted molar refractivity (Wildman–Crippen MR) is 162 cm³/mol. The average Bonchev–Trinajstić information content (AvgIpc) is 3.32. The second kappa shape index (κ2) is 12.6. The number of amides is 3. The van der Waals surface area contributed by atoms with E-state index in [2.05, 4.69) is 15.6 Å². The highest BCUT2D eigenvalue weighted by Gasteiger charge is 2.43. The van der Waals surface area contributed by atoms with Gasteiger partial charge in [-0.05, 0) is 60.5 Å². The van der Waals surface area contributed by atoms with Crippen LogP contribution >= 0.6 is 23.4 Å². The van der Waals surface area contributed by atoms with E-state index in [0.717, 1.165) is 11.3 Å². The lowest BCUT2D eigenvalue weighted by Gasteiger charge is -2.27. The molecule has 2 N–H and O–H groups in total. The van der Waals surface area contributed by atoms with E-state index in [1.165, 1.54) is 16.7 Å². The standard InChI is InChI=1S/C30H28ClN5O4S/c1-3-25(28(38)33-20-12-10-19(31)11-13-20)41-30-35-23-7-5-4-6-22(23)27-34-24(29(39)36(27)30)16-26(37)32-17-18-8-14-21(40-2)15-9-18/h4-15,24-25H,3,16-17H2,1-2H3,(H,32,37)(H,33,38)/t24-,25+/m0/s1. The van der Waals surface area contributed by atoms with Crippen molar-refractivity contribution in [2.24, 2.45) is 9.98 Å². The lowest BCUT2D eigenvalue weighted by molar-refractivity contribution is -0.128. The number of carbonyl (C=O) groups is 3. The highest BCUT2D eigenvalue weighted by molar-refractivity contribution is 8.15. The van der Waals surface area contributed by atoms with E-state index >= 15 is 0 Å². The molecule has 210 valence electrons. The molecule has 0 fully saturated rings. The van der Waals surface area contributed by atoms with Crippen molar-refractivity contribution in [2.75, 3.05) is 12.4 Å². The maximum Gasteiger partial charge on any atom is 0.259 e. The van der Waals surface area contributed by atoms with Crippen LogP contribution in [-0.4, -0.2) is 52.0 Å². The molecule has 0 spiro atoms. The van der Waals surface area contributed by atoms with Gasteiger partial charge in [0.2, 0.25) is 11.8 Å². The van der Waals surface area contributed by atoms with Crippen molar-refractivity contribution < 1.29 is 19.1 Å². The molecule has 2 aliphatic heterocycles. The van der Waals surface area contributed by atoms with Crippen LogP contribution in [0.1, 0.15) is 30.9 Å². The van der Waals surface area contributed by atoms with Gasteiger partial charge in [-0.2, -0.15) is 0 Å². The van der Waals surface area contributed by atoms with Crippen molar-refractivity contribution in [3.05, 3.63) is 88.9 Å². The number of hydrogen-bond acceptors (Lipinski definition) is 7. The topological polar surface area (TPSA) is 112 Å². The maximum atomic E-state index is 13.6. The molecule has 3 aromatic rings. The van der Waals surface area contributed by atoms with Crippen LogP contribution in [0.2, 0.25) is 5.02 Å². The van der Waals surface area contributed by atoms with Gasteiger partial charge in [-0.3, -0.25) is 19.4 Å². The van der Waals surface area contributed by atoms with Crippen molar-refractivity contribution in [3.63, 3.8) is 0 Å². The minimum absolute atomic E-state index is 0.108. The summed E-state index contributed by atoms with van der Waals surface area (Å²) in [6.07, 6.45) is 0.389. The zero-order chi connectivity index (χ0) is 28.9. The van der Waals surface area contributed by atoms with Gasteiger partial charge in [-0.25, -0.2) is 9.89 Å². The summed E-state index contributed by atoms with van der Waals surface area (Å²) in [5.74, 6) is 0.294. The first-order valence-corrected chi connectivity index (χ1v) is 14.3. The summed E-state index contributed by atoms with van der Waals surface area (Å²) >= 11 is 7.16. The second-order valence-electron chi connectivity index (χ2n) is 9.39. The van der Waals surface area contributed by atoms with Gasteiger partial charge >= 0.3 is 0 Å². The lowest BCUT2D eigenvalue weighted by Crippen LogP contribution is -2.43. The maximum absolute atomic E-state index is 13.6. The van der Waals surface area contributed by atoms with Crippen LogP contribution in [0.15, 0.2) is 82.8 Å². The molecule has 0 unspecified atom stereocenters. The summed E-state index contributed by atoms with van der Waals surface area (Å²) < 4.78 is 5.17. The molecule has 0 bridgehead atoms. The highest BCUT2D eigenvalue weighted by atomic mass is 35.5. The summed E-state index contributed by atoms with van der Waals surface area (Å²) in [6, 6.07) is 20.7. The third-order valence-electron chi connectivity index (χ3n) is 6.60. The van der Waals surface area contributed by atoms with Crippen LogP contribution < -0.4 is 15.4 Å². The van der Waals surface area contributed by atoms with Gasteiger partial charge in [0, 0.05) is 22.8 Å². The summed E-state index contributed by atoms with van der Waals surface area (Å²) in [5, 5.41) is 6.16. The van der Waals surface area contributed by atoms with Crippen LogP contribution in [0, 0.1) is 0 Å². The molecule has 0 aromatic heterocycles. The number of nitrogens with zero attached hydrogens (tertiary/aromatic N) is 3. The lowest BCUT2D eigenvalue weighted by atomic mass is 10.1. The Balaban J connectivity index is 1.31. The first-order chi connectivity index (χ1) is 19.9. The number of nitrogens with one attached hydrogen (secondary N) is 2. The van der Waals surface area contributed by atoms with E-state index in [1.54, 1.807) is 31.4 Å². The zero-order valence-corrected chi connectivity index (χ0v) is 24.0. The minimum Gasteiger partial charge on any atom is -0.497 e. The van der Waals surface area contributed by atoms with Gasteiger partial charge in [-0.15, -0.1) is 0 Å². The Morgan fingerprint density at radius 1 is 1.07 bits per heavy atom.